The molecule has 2 fully saturated rings. The number of aliphatic hydroxyl groups is 1. The van der Waals surface area contributed by atoms with Crippen molar-refractivity contribution in [3.63, 3.8) is 0 Å². The van der Waals surface area contributed by atoms with Gasteiger partial charge in [0, 0.05) is 13.2 Å². The fourth-order valence-corrected chi connectivity index (χ4v) is 3.46. The van der Waals surface area contributed by atoms with Gasteiger partial charge in [-0.2, -0.15) is 0 Å². The van der Waals surface area contributed by atoms with Crippen LogP contribution in [0.4, 0.5) is 4.79 Å². The predicted octanol–water partition coefficient (Wildman–Crippen LogP) is 2.29. The number of hydrogen-bond donors (Lipinski definition) is 2. The number of benzene rings is 1. The highest BCUT2D eigenvalue weighted by Crippen LogP contribution is 2.30. The normalized spacial score (nSPS) is 22.9. The molecule has 5 nitrogen and oxygen atoms in total. The SMILES string of the molecule is O=C(NC1CCOC1)N(Cc1ccccc1)CC1(O)CCCC1. The van der Waals surface area contributed by atoms with E-state index in [1.165, 1.54) is 0 Å². The van der Waals surface area contributed by atoms with Crippen LogP contribution in [-0.2, 0) is 11.3 Å². The first kappa shape index (κ1) is 16.3. The maximum Gasteiger partial charge on any atom is 0.318 e. The summed E-state index contributed by atoms with van der Waals surface area (Å²) < 4.78 is 5.33. The van der Waals surface area contributed by atoms with Crippen LogP contribution in [-0.4, -0.2) is 47.4 Å². The van der Waals surface area contributed by atoms with E-state index in [2.05, 4.69) is 5.32 Å². The number of nitrogens with one attached hydrogen (secondary N) is 1. The number of nitrogens with zero attached hydrogens (tertiary/aromatic N) is 1. The molecule has 23 heavy (non-hydrogen) atoms. The summed E-state index contributed by atoms with van der Waals surface area (Å²) in [6, 6.07) is 9.91. The van der Waals surface area contributed by atoms with Gasteiger partial charge >= 0.3 is 6.03 Å². The highest BCUT2D eigenvalue weighted by Gasteiger charge is 2.35. The molecule has 1 saturated carbocycles. The standard InChI is InChI=1S/C18H26N2O3/c21-17(19-16-8-11-23-13-16)20(12-15-6-2-1-3-7-15)14-18(22)9-4-5-10-18/h1-3,6-7,16,22H,4-5,8-14H2,(H,19,21). The van der Waals surface area contributed by atoms with E-state index in [0.29, 0.717) is 26.3 Å². The lowest BCUT2D eigenvalue weighted by molar-refractivity contribution is 0.0171. The van der Waals surface area contributed by atoms with Gasteiger partial charge in [-0.05, 0) is 24.8 Å². The quantitative estimate of drug-likeness (QED) is 0.875. The summed E-state index contributed by atoms with van der Waals surface area (Å²) >= 11 is 0. The van der Waals surface area contributed by atoms with Crippen LogP contribution in [0.15, 0.2) is 30.3 Å². The van der Waals surface area contributed by atoms with E-state index in [0.717, 1.165) is 37.7 Å². The van der Waals surface area contributed by atoms with Crippen LogP contribution < -0.4 is 5.32 Å². The number of carbonyl (C=O) groups is 1. The fraction of sp³-hybridized carbons (Fsp3) is 0.611. The molecule has 0 bridgehead atoms. The molecule has 1 aliphatic carbocycles. The molecule has 5 heteroatoms. The lowest BCUT2D eigenvalue weighted by Gasteiger charge is -2.32. The van der Waals surface area contributed by atoms with Gasteiger partial charge in [-0.15, -0.1) is 0 Å². The zero-order valence-electron chi connectivity index (χ0n) is 13.5. The van der Waals surface area contributed by atoms with Crippen molar-refractivity contribution in [2.24, 2.45) is 0 Å². The Morgan fingerprint density at radius 3 is 2.70 bits per heavy atom. The number of rotatable bonds is 5. The van der Waals surface area contributed by atoms with E-state index in [-0.39, 0.29) is 12.1 Å². The third kappa shape index (κ3) is 4.45. The third-order valence-electron chi connectivity index (χ3n) is 4.78. The number of ether oxygens (including phenoxy) is 1. The molecule has 1 heterocycles. The first-order valence-corrected chi connectivity index (χ1v) is 8.54. The monoisotopic (exact) mass is 318 g/mol. The highest BCUT2D eigenvalue weighted by molar-refractivity contribution is 5.74. The molecule has 0 spiro atoms. The van der Waals surface area contributed by atoms with Crippen LogP contribution in [0.25, 0.3) is 0 Å². The van der Waals surface area contributed by atoms with Crippen molar-refractivity contribution < 1.29 is 14.6 Å². The average Bonchev–Trinajstić information content (AvgIpc) is 3.20. The molecule has 1 aliphatic heterocycles. The Balaban J connectivity index is 1.67. The number of carbonyl (C=O) groups excluding carboxylic acids is 1. The van der Waals surface area contributed by atoms with Gasteiger partial charge in [-0.1, -0.05) is 43.2 Å². The molecular weight excluding hydrogens is 292 g/mol. The summed E-state index contributed by atoms with van der Waals surface area (Å²) in [5.74, 6) is 0. The van der Waals surface area contributed by atoms with E-state index in [1.807, 2.05) is 30.3 Å². The van der Waals surface area contributed by atoms with Crippen molar-refractivity contribution in [2.45, 2.75) is 50.3 Å². The van der Waals surface area contributed by atoms with Gasteiger partial charge in [0.2, 0.25) is 0 Å². The van der Waals surface area contributed by atoms with Crippen LogP contribution in [0.1, 0.15) is 37.7 Å². The molecule has 2 amide bonds. The molecule has 0 aromatic heterocycles. The van der Waals surface area contributed by atoms with Crippen molar-refractivity contribution >= 4 is 6.03 Å². The lowest BCUT2D eigenvalue weighted by atomic mass is 10.0. The second-order valence-corrected chi connectivity index (χ2v) is 6.78. The summed E-state index contributed by atoms with van der Waals surface area (Å²) in [5.41, 5.74) is 0.338. The van der Waals surface area contributed by atoms with Crippen molar-refractivity contribution in [3.05, 3.63) is 35.9 Å². The Morgan fingerprint density at radius 1 is 1.30 bits per heavy atom. The molecule has 1 aromatic rings. The van der Waals surface area contributed by atoms with Gasteiger partial charge in [0.05, 0.1) is 24.8 Å². The molecule has 126 valence electrons. The molecule has 1 aromatic carbocycles. The van der Waals surface area contributed by atoms with Gasteiger partial charge < -0.3 is 20.1 Å². The highest BCUT2D eigenvalue weighted by atomic mass is 16.5. The molecule has 0 radical (unpaired) electrons. The molecule has 2 aliphatic rings. The largest absolute Gasteiger partial charge is 0.388 e. The van der Waals surface area contributed by atoms with Crippen LogP contribution >= 0.6 is 0 Å². The second-order valence-electron chi connectivity index (χ2n) is 6.78. The van der Waals surface area contributed by atoms with Crippen LogP contribution in [0.2, 0.25) is 0 Å². The van der Waals surface area contributed by atoms with Crippen LogP contribution in [0, 0.1) is 0 Å². The molecule has 3 rings (SSSR count). The van der Waals surface area contributed by atoms with Gasteiger partial charge in [-0.25, -0.2) is 4.79 Å². The first-order chi connectivity index (χ1) is 11.1. The Labute approximate surface area is 137 Å². The summed E-state index contributed by atoms with van der Waals surface area (Å²) in [6.07, 6.45) is 4.48. The van der Waals surface area contributed by atoms with Gasteiger partial charge in [0.1, 0.15) is 0 Å². The summed E-state index contributed by atoms with van der Waals surface area (Å²) in [5, 5.41) is 13.7. The van der Waals surface area contributed by atoms with Gasteiger partial charge in [-0.3, -0.25) is 0 Å². The minimum Gasteiger partial charge on any atom is -0.388 e. The zero-order valence-corrected chi connectivity index (χ0v) is 13.5. The minimum absolute atomic E-state index is 0.0824. The van der Waals surface area contributed by atoms with Gasteiger partial charge in [0.25, 0.3) is 0 Å². The third-order valence-corrected chi connectivity index (χ3v) is 4.78. The van der Waals surface area contributed by atoms with Crippen molar-refractivity contribution in [1.29, 1.82) is 0 Å². The molecular formula is C18H26N2O3. The summed E-state index contributed by atoms with van der Waals surface area (Å²) in [4.78, 5) is 14.4. The van der Waals surface area contributed by atoms with E-state index in [4.69, 9.17) is 4.74 Å². The van der Waals surface area contributed by atoms with E-state index < -0.39 is 5.60 Å². The smallest absolute Gasteiger partial charge is 0.318 e. The van der Waals surface area contributed by atoms with Crippen molar-refractivity contribution in [3.8, 4) is 0 Å². The Kier molecular flexibility index (Phi) is 5.18. The summed E-state index contributed by atoms with van der Waals surface area (Å²) in [7, 11) is 0. The second kappa shape index (κ2) is 7.32. The lowest BCUT2D eigenvalue weighted by Crippen LogP contribution is -2.50. The molecule has 1 saturated heterocycles. The van der Waals surface area contributed by atoms with E-state index >= 15 is 0 Å². The Morgan fingerprint density at radius 2 is 2.04 bits per heavy atom. The maximum atomic E-state index is 12.7. The van der Waals surface area contributed by atoms with Crippen LogP contribution in [0.5, 0.6) is 0 Å². The zero-order chi connectivity index (χ0) is 16.1. The van der Waals surface area contributed by atoms with Crippen molar-refractivity contribution in [1.82, 2.24) is 10.2 Å². The molecule has 1 unspecified atom stereocenters. The maximum absolute atomic E-state index is 12.7. The van der Waals surface area contributed by atoms with E-state index in [9.17, 15) is 9.90 Å². The van der Waals surface area contributed by atoms with Crippen molar-refractivity contribution in [2.75, 3.05) is 19.8 Å². The Hall–Kier alpha value is -1.59. The molecule has 1 atom stereocenters. The number of hydrogen-bond acceptors (Lipinski definition) is 3. The molecule has 2 N–H and O–H groups in total. The fourth-order valence-electron chi connectivity index (χ4n) is 3.46. The minimum atomic E-state index is -0.738. The summed E-state index contributed by atoms with van der Waals surface area (Å²) in [6.45, 7) is 2.19. The van der Waals surface area contributed by atoms with Crippen LogP contribution in [0.3, 0.4) is 0 Å². The number of amides is 2. The van der Waals surface area contributed by atoms with E-state index in [1.54, 1.807) is 4.90 Å². The topological polar surface area (TPSA) is 61.8 Å². The predicted molar refractivity (Wildman–Crippen MR) is 88.0 cm³/mol. The number of urea groups is 1. The average molecular weight is 318 g/mol. The Bertz CT molecular complexity index is 508. The first-order valence-electron chi connectivity index (χ1n) is 8.54. The van der Waals surface area contributed by atoms with Gasteiger partial charge in [0.15, 0.2) is 0 Å².